The van der Waals surface area contributed by atoms with Gasteiger partial charge in [-0.1, -0.05) is 18.2 Å². The lowest BCUT2D eigenvalue weighted by Gasteiger charge is -2.10. The molecule has 0 amide bonds. The van der Waals surface area contributed by atoms with Gasteiger partial charge in [-0.2, -0.15) is 13.2 Å². The second kappa shape index (κ2) is 4.77. The van der Waals surface area contributed by atoms with Crippen LogP contribution in [0.25, 0.3) is 5.57 Å². The van der Waals surface area contributed by atoms with Crippen LogP contribution in [0.3, 0.4) is 0 Å². The van der Waals surface area contributed by atoms with E-state index in [2.05, 4.69) is 0 Å². The molecule has 0 N–H and O–H groups in total. The third kappa shape index (κ3) is 2.27. The fraction of sp³-hybridized carbons (Fsp3) is 0.143. The molecule has 3 rings (SSSR count). The second-order valence-electron chi connectivity index (χ2n) is 4.54. The number of allylic oxidation sites excluding steroid dienone is 3. The first-order valence-electron chi connectivity index (χ1n) is 6.01. The summed E-state index contributed by atoms with van der Waals surface area (Å²) in [4.78, 5) is 12.1. The molecule has 0 spiro atoms. The maximum atomic E-state index is 13.1. The molecule has 0 bridgehead atoms. The van der Waals surface area contributed by atoms with Crippen molar-refractivity contribution in [1.82, 2.24) is 4.14 Å². The summed E-state index contributed by atoms with van der Waals surface area (Å²) in [6.07, 6.45) is -1.27. The van der Waals surface area contributed by atoms with Crippen molar-refractivity contribution >= 4 is 23.3 Å². The minimum absolute atomic E-state index is 0.0328. The molecule has 0 aromatic heterocycles. The molecule has 0 unspecified atom stereocenters. The van der Waals surface area contributed by atoms with Crippen LogP contribution in [0.4, 0.5) is 13.2 Å². The van der Waals surface area contributed by atoms with Gasteiger partial charge in [0.1, 0.15) is 5.56 Å². The lowest BCUT2D eigenvalue weighted by molar-refractivity contribution is -0.138. The SMILES string of the molecule is O=C1CC=CC2=CS[N+]([O-])=c3c(C(F)(F)F)cccc3=C12. The zero-order chi connectivity index (χ0) is 15.2. The van der Waals surface area contributed by atoms with Gasteiger partial charge in [-0.3, -0.25) is 4.79 Å². The highest BCUT2D eigenvalue weighted by molar-refractivity contribution is 8.00. The average Bonchev–Trinajstić information content (AvgIpc) is 2.56. The quantitative estimate of drug-likeness (QED) is 0.418. The topological polar surface area (TPSA) is 43.1 Å². The predicted molar refractivity (Wildman–Crippen MR) is 73.1 cm³/mol. The zero-order valence-corrected chi connectivity index (χ0v) is 11.3. The summed E-state index contributed by atoms with van der Waals surface area (Å²) in [7, 11) is 0. The molecule has 7 heteroatoms. The number of hydrogen-bond acceptors (Lipinski definition) is 3. The number of carbonyl (C=O) groups is 1. The summed E-state index contributed by atoms with van der Waals surface area (Å²) in [6.45, 7) is 0. The van der Waals surface area contributed by atoms with Gasteiger partial charge < -0.3 is 5.21 Å². The van der Waals surface area contributed by atoms with Gasteiger partial charge >= 0.3 is 6.18 Å². The van der Waals surface area contributed by atoms with Crippen LogP contribution < -0.4 is 14.7 Å². The van der Waals surface area contributed by atoms with E-state index < -0.39 is 17.1 Å². The fourth-order valence-corrected chi connectivity index (χ4v) is 3.08. The monoisotopic (exact) mass is 311 g/mol. The van der Waals surface area contributed by atoms with Crippen LogP contribution in [0.15, 0.2) is 41.3 Å². The molecular formula is C14H8F3NO2S. The molecule has 2 aliphatic rings. The van der Waals surface area contributed by atoms with Crippen LogP contribution in [0.2, 0.25) is 0 Å². The number of Topliss-reactive ketones (excluding diaryl/α,β-unsaturated/α-hetero) is 1. The summed E-state index contributed by atoms with van der Waals surface area (Å²) >= 11 is 0.591. The minimum atomic E-state index is -4.66. The number of alkyl halides is 3. The van der Waals surface area contributed by atoms with Crippen molar-refractivity contribution in [3.8, 4) is 0 Å². The molecule has 3 nitrogen and oxygen atoms in total. The number of para-hydroxylation sites is 1. The molecule has 1 aliphatic heterocycles. The highest BCUT2D eigenvalue weighted by Gasteiger charge is 2.36. The normalized spacial score (nSPS) is 18.0. The minimum Gasteiger partial charge on any atom is -0.610 e. The van der Waals surface area contributed by atoms with Crippen LogP contribution in [-0.4, -0.2) is 5.78 Å². The Bertz CT molecular complexity index is 822. The number of nitrogens with zero attached hydrogens (tertiary/aromatic N) is 1. The van der Waals surface area contributed by atoms with E-state index in [1.54, 1.807) is 12.2 Å². The first kappa shape index (κ1) is 13.9. The van der Waals surface area contributed by atoms with Crippen LogP contribution in [0, 0.1) is 5.21 Å². The predicted octanol–water partition coefficient (Wildman–Crippen LogP) is 1.92. The number of rotatable bonds is 0. The Hall–Kier alpha value is -2.02. The van der Waals surface area contributed by atoms with E-state index in [1.807, 2.05) is 0 Å². The van der Waals surface area contributed by atoms with E-state index in [4.69, 9.17) is 0 Å². The molecule has 1 aliphatic carbocycles. The largest absolute Gasteiger partial charge is 0.610 e. The van der Waals surface area contributed by atoms with E-state index in [0.29, 0.717) is 17.5 Å². The Morgan fingerprint density at radius 1 is 1.29 bits per heavy atom. The molecule has 0 fully saturated rings. The van der Waals surface area contributed by atoms with Gasteiger partial charge in [0.15, 0.2) is 5.78 Å². The molecule has 0 saturated carbocycles. The lowest BCUT2D eigenvalue weighted by atomic mass is 9.92. The van der Waals surface area contributed by atoms with E-state index >= 15 is 0 Å². The van der Waals surface area contributed by atoms with Crippen molar-refractivity contribution in [2.45, 2.75) is 12.6 Å². The Balaban J connectivity index is 2.52. The first-order valence-corrected chi connectivity index (χ1v) is 6.85. The van der Waals surface area contributed by atoms with E-state index in [0.717, 1.165) is 6.07 Å². The molecule has 108 valence electrons. The Kier molecular flexibility index (Phi) is 3.16. The van der Waals surface area contributed by atoms with Gasteiger partial charge in [-0.15, -0.1) is 4.14 Å². The summed E-state index contributed by atoms with van der Waals surface area (Å²) in [5, 5.41) is 12.9. The van der Waals surface area contributed by atoms with Gasteiger partial charge in [0.25, 0.3) is 0 Å². The number of hydrogen-bond donors (Lipinski definition) is 0. The van der Waals surface area contributed by atoms with Crippen LogP contribution in [-0.2, 0) is 11.0 Å². The van der Waals surface area contributed by atoms with Crippen molar-refractivity contribution in [2.24, 2.45) is 0 Å². The zero-order valence-electron chi connectivity index (χ0n) is 10.5. The number of halogens is 3. The number of ketones is 1. The second-order valence-corrected chi connectivity index (χ2v) is 5.32. The maximum Gasteiger partial charge on any atom is 0.422 e. The average molecular weight is 311 g/mol. The molecule has 0 radical (unpaired) electrons. The van der Waals surface area contributed by atoms with Crippen LogP contribution in [0.1, 0.15) is 12.0 Å². The molecule has 0 atom stereocenters. The van der Waals surface area contributed by atoms with Crippen LogP contribution in [0.5, 0.6) is 0 Å². The first-order chi connectivity index (χ1) is 9.89. The highest BCUT2D eigenvalue weighted by atomic mass is 32.2. The van der Waals surface area contributed by atoms with E-state index in [9.17, 15) is 23.2 Å². The molecule has 1 heterocycles. The molecule has 1 aromatic rings. The lowest BCUT2D eigenvalue weighted by Crippen LogP contribution is -2.41. The fourth-order valence-electron chi connectivity index (χ4n) is 2.37. The molecule has 21 heavy (non-hydrogen) atoms. The third-order valence-electron chi connectivity index (χ3n) is 3.24. The Morgan fingerprint density at radius 3 is 2.76 bits per heavy atom. The molecule has 0 saturated heterocycles. The molecule has 1 aromatic carbocycles. The standard InChI is InChI=1S/C14H8F3NO2S/c15-14(16,17)10-5-2-4-9-12-8(3-1-6-11(12)19)7-21-18(20)13(9)10/h1-5,7H,6H2. The van der Waals surface area contributed by atoms with Gasteiger partial charge in [0.2, 0.25) is 17.3 Å². The van der Waals surface area contributed by atoms with Gasteiger partial charge in [0, 0.05) is 12.0 Å². The van der Waals surface area contributed by atoms with E-state index in [1.165, 1.54) is 17.5 Å². The van der Waals surface area contributed by atoms with Crippen molar-refractivity contribution in [1.29, 1.82) is 0 Å². The summed E-state index contributed by atoms with van der Waals surface area (Å²) in [5.41, 5.74) is -0.397. The van der Waals surface area contributed by atoms with Gasteiger partial charge in [-0.05, 0) is 17.7 Å². The van der Waals surface area contributed by atoms with Crippen molar-refractivity contribution in [2.75, 3.05) is 0 Å². The Morgan fingerprint density at radius 2 is 2.05 bits per heavy atom. The smallest absolute Gasteiger partial charge is 0.422 e. The number of carbonyl (C=O) groups excluding carboxylic acids is 1. The van der Waals surface area contributed by atoms with Crippen molar-refractivity contribution in [3.63, 3.8) is 0 Å². The summed E-state index contributed by atoms with van der Waals surface area (Å²) < 4.78 is 39.5. The number of benzene rings is 1. The van der Waals surface area contributed by atoms with Crippen molar-refractivity contribution in [3.05, 3.63) is 62.7 Å². The summed E-state index contributed by atoms with van der Waals surface area (Å²) in [6, 6.07) is 3.43. The number of fused-ring (bicyclic) bond motifs is 2. The van der Waals surface area contributed by atoms with Gasteiger partial charge in [-0.25, -0.2) is 0 Å². The van der Waals surface area contributed by atoms with Crippen LogP contribution >= 0.6 is 11.9 Å². The third-order valence-corrected chi connectivity index (χ3v) is 3.97. The molecular weight excluding hydrogens is 303 g/mol. The van der Waals surface area contributed by atoms with Crippen molar-refractivity contribution < 1.29 is 18.0 Å². The van der Waals surface area contributed by atoms with E-state index in [-0.39, 0.29) is 27.1 Å². The summed E-state index contributed by atoms with van der Waals surface area (Å²) in [5.74, 6) is -0.291. The van der Waals surface area contributed by atoms with Gasteiger partial charge in [0.05, 0.1) is 10.6 Å². The highest BCUT2D eigenvalue weighted by Crippen LogP contribution is 2.28. The maximum absolute atomic E-state index is 13.1. The Labute approximate surface area is 121 Å².